The summed E-state index contributed by atoms with van der Waals surface area (Å²) in [6.45, 7) is 1.98. The van der Waals surface area contributed by atoms with Crippen molar-refractivity contribution in [2.45, 2.75) is 19.6 Å². The molecule has 0 saturated heterocycles. The second-order valence-corrected chi connectivity index (χ2v) is 6.51. The molecular formula is C21H21N3O4. The maximum atomic E-state index is 10.8. The summed E-state index contributed by atoms with van der Waals surface area (Å²) >= 11 is 0. The first kappa shape index (κ1) is 19.5. The van der Waals surface area contributed by atoms with Gasteiger partial charge < -0.3 is 0 Å². The second-order valence-electron chi connectivity index (χ2n) is 6.51. The highest BCUT2D eigenvalue weighted by Gasteiger charge is 2.11. The van der Waals surface area contributed by atoms with Crippen molar-refractivity contribution in [1.82, 2.24) is 4.90 Å². The summed E-state index contributed by atoms with van der Waals surface area (Å²) in [6, 6.07) is 23.6. The monoisotopic (exact) mass is 379 g/mol. The maximum absolute atomic E-state index is 10.8. The molecule has 0 bridgehead atoms. The molecule has 0 aromatic heterocycles. The van der Waals surface area contributed by atoms with E-state index in [1.165, 1.54) is 12.1 Å². The highest BCUT2D eigenvalue weighted by Crippen LogP contribution is 2.19. The van der Waals surface area contributed by atoms with Crippen LogP contribution in [0.25, 0.3) is 0 Å². The molecule has 0 spiro atoms. The van der Waals surface area contributed by atoms with E-state index in [1.807, 2.05) is 30.3 Å². The SMILES string of the molecule is O=[N+]([O-])c1ccc(CN(Cc2ccccc2)Cc2ccc(N(O)O)cc2)cc1. The standard InChI is InChI=1S/C21H21N3O4/c25-23(26)20-10-6-18(7-11-20)15-22(14-17-4-2-1-3-5-17)16-19-8-12-21(13-9-19)24(27)28/h1-13,25-26H,14-16H2. The molecule has 0 radical (unpaired) electrons. The molecule has 0 amide bonds. The van der Waals surface area contributed by atoms with Crippen molar-refractivity contribution in [3.8, 4) is 0 Å². The average Bonchev–Trinajstić information content (AvgIpc) is 2.69. The third-order valence-electron chi connectivity index (χ3n) is 4.38. The lowest BCUT2D eigenvalue weighted by molar-refractivity contribution is -0.384. The second kappa shape index (κ2) is 9.09. The minimum atomic E-state index is -0.404. The van der Waals surface area contributed by atoms with Crippen LogP contribution in [0.5, 0.6) is 0 Å². The van der Waals surface area contributed by atoms with Crippen molar-refractivity contribution < 1.29 is 15.3 Å². The summed E-state index contributed by atoms with van der Waals surface area (Å²) in [5, 5.41) is 29.1. The number of anilines is 1. The molecule has 0 unspecified atom stereocenters. The number of rotatable bonds is 8. The van der Waals surface area contributed by atoms with Crippen LogP contribution < -0.4 is 5.23 Å². The van der Waals surface area contributed by atoms with Gasteiger partial charge in [0.25, 0.3) is 5.69 Å². The number of non-ortho nitro benzene ring substituents is 1. The predicted octanol–water partition coefficient (Wildman–Crippen LogP) is 4.38. The quantitative estimate of drug-likeness (QED) is 0.446. The fraction of sp³-hybridized carbons (Fsp3) is 0.143. The summed E-state index contributed by atoms with van der Waals surface area (Å²) < 4.78 is 0. The molecular weight excluding hydrogens is 358 g/mol. The summed E-state index contributed by atoms with van der Waals surface area (Å²) in [5.41, 5.74) is 3.52. The van der Waals surface area contributed by atoms with Gasteiger partial charge >= 0.3 is 0 Å². The first-order valence-electron chi connectivity index (χ1n) is 8.78. The summed E-state index contributed by atoms with van der Waals surface area (Å²) in [5.74, 6) is 0. The molecule has 0 aliphatic rings. The van der Waals surface area contributed by atoms with E-state index in [0.29, 0.717) is 19.6 Å². The minimum Gasteiger partial charge on any atom is -0.291 e. The van der Waals surface area contributed by atoms with E-state index in [4.69, 9.17) is 10.4 Å². The van der Waals surface area contributed by atoms with E-state index in [1.54, 1.807) is 24.3 Å². The van der Waals surface area contributed by atoms with Gasteiger partial charge in [-0.25, -0.2) is 0 Å². The Morgan fingerprint density at radius 1 is 0.714 bits per heavy atom. The van der Waals surface area contributed by atoms with Crippen LogP contribution in [0.3, 0.4) is 0 Å². The molecule has 7 nitrogen and oxygen atoms in total. The van der Waals surface area contributed by atoms with Crippen molar-refractivity contribution in [2.24, 2.45) is 0 Å². The molecule has 3 rings (SSSR count). The summed E-state index contributed by atoms with van der Waals surface area (Å²) in [6.07, 6.45) is 0. The van der Waals surface area contributed by atoms with E-state index in [-0.39, 0.29) is 16.6 Å². The Kier molecular flexibility index (Phi) is 6.33. The Bertz CT molecular complexity index is 897. The van der Waals surface area contributed by atoms with E-state index >= 15 is 0 Å². The number of nitro groups is 1. The zero-order valence-electron chi connectivity index (χ0n) is 15.2. The molecule has 28 heavy (non-hydrogen) atoms. The van der Waals surface area contributed by atoms with Gasteiger partial charge in [-0.15, -0.1) is 5.23 Å². The number of hydrogen-bond acceptors (Lipinski definition) is 6. The Labute approximate surface area is 162 Å². The van der Waals surface area contributed by atoms with Gasteiger partial charge in [0.1, 0.15) is 0 Å². The molecule has 3 aromatic carbocycles. The molecule has 0 aliphatic heterocycles. The topological polar surface area (TPSA) is 90.1 Å². The van der Waals surface area contributed by atoms with E-state index < -0.39 is 4.92 Å². The van der Waals surface area contributed by atoms with Crippen LogP contribution in [0.15, 0.2) is 78.9 Å². The predicted molar refractivity (Wildman–Crippen MR) is 105 cm³/mol. The van der Waals surface area contributed by atoms with Gasteiger partial charge in [0, 0.05) is 31.8 Å². The molecule has 0 atom stereocenters. The van der Waals surface area contributed by atoms with Crippen LogP contribution in [0.4, 0.5) is 11.4 Å². The van der Waals surface area contributed by atoms with Gasteiger partial charge in [-0.3, -0.25) is 25.4 Å². The van der Waals surface area contributed by atoms with Crippen molar-refractivity contribution in [3.05, 3.63) is 106 Å². The maximum Gasteiger partial charge on any atom is 0.269 e. The summed E-state index contributed by atoms with van der Waals surface area (Å²) in [4.78, 5) is 12.7. The van der Waals surface area contributed by atoms with Crippen LogP contribution in [0.2, 0.25) is 0 Å². The Balaban J connectivity index is 1.77. The van der Waals surface area contributed by atoms with Gasteiger partial charge in [0.15, 0.2) is 0 Å². The lowest BCUT2D eigenvalue weighted by atomic mass is 10.1. The smallest absolute Gasteiger partial charge is 0.269 e. The zero-order chi connectivity index (χ0) is 19.9. The average molecular weight is 379 g/mol. The molecule has 0 saturated carbocycles. The van der Waals surface area contributed by atoms with Crippen LogP contribution in [0.1, 0.15) is 16.7 Å². The fourth-order valence-electron chi connectivity index (χ4n) is 2.98. The largest absolute Gasteiger partial charge is 0.291 e. The molecule has 0 fully saturated rings. The third-order valence-corrected chi connectivity index (χ3v) is 4.38. The third kappa shape index (κ3) is 5.37. The van der Waals surface area contributed by atoms with E-state index in [2.05, 4.69) is 17.0 Å². The number of nitro benzene ring substituents is 1. The lowest BCUT2D eigenvalue weighted by Gasteiger charge is -2.23. The Hall–Kier alpha value is -3.26. The first-order chi connectivity index (χ1) is 13.5. The minimum absolute atomic E-state index is 0.0755. The van der Waals surface area contributed by atoms with Crippen molar-refractivity contribution in [3.63, 3.8) is 0 Å². The van der Waals surface area contributed by atoms with Gasteiger partial charge in [0.2, 0.25) is 0 Å². The summed E-state index contributed by atoms with van der Waals surface area (Å²) in [7, 11) is 0. The molecule has 0 heterocycles. The van der Waals surface area contributed by atoms with Crippen molar-refractivity contribution in [1.29, 1.82) is 0 Å². The zero-order valence-corrected chi connectivity index (χ0v) is 15.2. The van der Waals surface area contributed by atoms with Gasteiger partial charge in [0.05, 0.1) is 10.6 Å². The fourth-order valence-corrected chi connectivity index (χ4v) is 2.98. The van der Waals surface area contributed by atoms with Crippen LogP contribution in [-0.2, 0) is 19.6 Å². The molecule has 7 heteroatoms. The van der Waals surface area contributed by atoms with Crippen molar-refractivity contribution >= 4 is 11.4 Å². The van der Waals surface area contributed by atoms with E-state index in [0.717, 1.165) is 16.7 Å². The molecule has 2 N–H and O–H groups in total. The normalized spacial score (nSPS) is 10.8. The highest BCUT2D eigenvalue weighted by atomic mass is 16.8. The van der Waals surface area contributed by atoms with Crippen LogP contribution in [-0.4, -0.2) is 20.2 Å². The first-order valence-corrected chi connectivity index (χ1v) is 8.78. The van der Waals surface area contributed by atoms with Crippen LogP contribution in [0, 0.1) is 10.1 Å². The van der Waals surface area contributed by atoms with E-state index in [9.17, 15) is 10.1 Å². The number of benzene rings is 3. The van der Waals surface area contributed by atoms with Gasteiger partial charge in [-0.2, -0.15) is 0 Å². The van der Waals surface area contributed by atoms with Crippen molar-refractivity contribution in [2.75, 3.05) is 5.23 Å². The van der Waals surface area contributed by atoms with Crippen LogP contribution >= 0.6 is 0 Å². The van der Waals surface area contributed by atoms with Gasteiger partial charge in [-0.05, 0) is 28.8 Å². The van der Waals surface area contributed by atoms with Gasteiger partial charge in [-0.1, -0.05) is 54.6 Å². The molecule has 144 valence electrons. The molecule has 3 aromatic rings. The highest BCUT2D eigenvalue weighted by molar-refractivity contribution is 5.42. The molecule has 0 aliphatic carbocycles. The number of nitrogens with zero attached hydrogens (tertiary/aromatic N) is 3. The number of hydrogen-bond donors (Lipinski definition) is 2. The Morgan fingerprint density at radius 3 is 1.64 bits per heavy atom. The lowest BCUT2D eigenvalue weighted by Crippen LogP contribution is -2.22. The Morgan fingerprint density at radius 2 is 1.18 bits per heavy atom.